The van der Waals surface area contributed by atoms with Gasteiger partial charge in [0.05, 0.1) is 36.5 Å². The highest BCUT2D eigenvalue weighted by atomic mass is 16.5. The molecule has 0 bridgehead atoms. The molecule has 7 aromatic carbocycles. The summed E-state index contributed by atoms with van der Waals surface area (Å²) < 4.78 is 9.75. The molecule has 0 aliphatic heterocycles. The number of aromatic hydroxyl groups is 2. The zero-order chi connectivity index (χ0) is 43.9. The van der Waals surface area contributed by atoms with Crippen molar-refractivity contribution >= 4 is 79.4 Å². The summed E-state index contributed by atoms with van der Waals surface area (Å²) in [6.07, 6.45) is 0.905. The van der Waals surface area contributed by atoms with Crippen LogP contribution in [0.3, 0.4) is 0 Å². The molecule has 0 aromatic heterocycles. The fourth-order valence-corrected chi connectivity index (χ4v) is 7.02. The number of carbonyl (C=O) groups excluding carboxylic acids is 4. The van der Waals surface area contributed by atoms with Crippen molar-refractivity contribution in [1.82, 2.24) is 0 Å². The molecule has 0 saturated heterocycles. The molecule has 14 nitrogen and oxygen atoms in total. The van der Waals surface area contributed by atoms with E-state index in [0.717, 1.165) is 0 Å². The van der Waals surface area contributed by atoms with Gasteiger partial charge in [-0.2, -0.15) is 0 Å². The number of anilines is 2. The van der Waals surface area contributed by atoms with Crippen molar-refractivity contribution in [3.05, 3.63) is 155 Å². The maximum atomic E-state index is 14.1. The molecule has 7 rings (SSSR count). The maximum Gasteiger partial charge on any atom is 0.340 e. The zero-order valence-corrected chi connectivity index (χ0v) is 34.1. The van der Waals surface area contributed by atoms with E-state index in [-0.39, 0.29) is 45.0 Å². The van der Waals surface area contributed by atoms with E-state index in [9.17, 15) is 29.4 Å². The number of hydrogen-bond donors (Lipinski definition) is 4. The van der Waals surface area contributed by atoms with Gasteiger partial charge in [0.15, 0.2) is 11.5 Å². The second kappa shape index (κ2) is 18.3. The van der Waals surface area contributed by atoms with Crippen LogP contribution in [-0.4, -0.2) is 48.2 Å². The lowest BCUT2D eigenvalue weighted by molar-refractivity contribution is 0.0592. The van der Waals surface area contributed by atoms with Gasteiger partial charge >= 0.3 is 11.9 Å². The molecule has 2 amide bonds. The lowest BCUT2D eigenvalue weighted by atomic mass is 9.99. The molecule has 0 radical (unpaired) electrons. The van der Waals surface area contributed by atoms with Crippen LogP contribution in [0.4, 0.5) is 34.1 Å². The van der Waals surface area contributed by atoms with Crippen molar-refractivity contribution in [1.29, 1.82) is 0 Å². The molecule has 0 saturated carbocycles. The molecule has 62 heavy (non-hydrogen) atoms. The molecular weight excluding hydrogens is 789 g/mol. The lowest BCUT2D eigenvalue weighted by Gasteiger charge is -2.18. The van der Waals surface area contributed by atoms with Gasteiger partial charge in [-0.1, -0.05) is 86.6 Å². The Morgan fingerprint density at radius 2 is 0.919 bits per heavy atom. The van der Waals surface area contributed by atoms with Crippen LogP contribution in [0.1, 0.15) is 66.4 Å². The number of aryl methyl sites for hydroxylation is 2. The second-order valence-electron chi connectivity index (χ2n) is 13.9. The van der Waals surface area contributed by atoms with Crippen molar-refractivity contribution in [3.63, 3.8) is 0 Å². The zero-order valence-electron chi connectivity index (χ0n) is 34.1. The highest BCUT2D eigenvalue weighted by molar-refractivity contribution is 6.14. The van der Waals surface area contributed by atoms with Crippen molar-refractivity contribution in [2.45, 2.75) is 26.7 Å². The third kappa shape index (κ3) is 8.43. The smallest absolute Gasteiger partial charge is 0.340 e. The van der Waals surface area contributed by atoms with Crippen LogP contribution in [-0.2, 0) is 22.3 Å². The van der Waals surface area contributed by atoms with E-state index in [1.807, 2.05) is 13.8 Å². The summed E-state index contributed by atoms with van der Waals surface area (Å²) in [7, 11) is 2.52. The van der Waals surface area contributed by atoms with Crippen LogP contribution < -0.4 is 10.6 Å². The molecule has 310 valence electrons. The molecule has 0 fully saturated rings. The van der Waals surface area contributed by atoms with Gasteiger partial charge < -0.3 is 30.3 Å². The van der Waals surface area contributed by atoms with E-state index in [1.54, 1.807) is 121 Å². The Bertz CT molecular complexity index is 2950. The normalized spacial score (nSPS) is 11.3. The van der Waals surface area contributed by atoms with Crippen molar-refractivity contribution < 1.29 is 38.9 Å². The van der Waals surface area contributed by atoms with E-state index in [0.29, 0.717) is 56.9 Å². The Morgan fingerprint density at radius 3 is 1.35 bits per heavy atom. The van der Waals surface area contributed by atoms with Crippen LogP contribution in [0.2, 0.25) is 0 Å². The Morgan fingerprint density at radius 1 is 0.516 bits per heavy atom. The summed E-state index contributed by atoms with van der Waals surface area (Å²) in [5.41, 5.74) is 3.00. The summed E-state index contributed by atoms with van der Waals surface area (Å²) >= 11 is 0. The largest absolute Gasteiger partial charge is 0.505 e. The van der Waals surface area contributed by atoms with Gasteiger partial charge in [-0.3, -0.25) is 9.59 Å². The van der Waals surface area contributed by atoms with E-state index < -0.39 is 35.3 Å². The monoisotopic (exact) mass is 828 g/mol. The molecule has 0 atom stereocenters. The van der Waals surface area contributed by atoms with Crippen molar-refractivity contribution in [2.75, 3.05) is 24.9 Å². The number of carbonyl (C=O) groups is 4. The minimum Gasteiger partial charge on any atom is -0.505 e. The number of hydrogen-bond acceptors (Lipinski definition) is 12. The summed E-state index contributed by atoms with van der Waals surface area (Å²) in [4.78, 5) is 52.8. The summed E-state index contributed by atoms with van der Waals surface area (Å²) in [5, 5.41) is 48.5. The number of methoxy groups -OCH3 is 2. The fourth-order valence-electron chi connectivity index (χ4n) is 7.02. The van der Waals surface area contributed by atoms with Crippen LogP contribution in [0.25, 0.3) is 21.5 Å². The SMILES string of the molecule is CCc1cc(NC(=O)c2cc3ccccc3c(N=Nc3ccccc3C(=O)OC)c2O)cc(CC)c1NC(=O)c1cc2ccccc2c(N=Nc2ccccc2C(=O)OC)c1O. The molecular formula is C48H40N6O8. The van der Waals surface area contributed by atoms with Gasteiger partial charge in [0.2, 0.25) is 0 Å². The standard InChI is InChI=1S/C48H40N6O8/c1-5-27-23-31(49-45(57)36-25-29-15-7-9-17-32(29)41(43(36)55)53-51-38-21-13-11-19-34(38)47(59)61-3)24-28(6-2)40(27)50-46(58)37-26-30-16-8-10-18-33(30)42(44(37)56)54-52-39-22-14-12-20-35(39)48(60)62-4/h7-26,55-56H,5-6H2,1-4H3,(H,49,57)(H,50,58). The third-order valence-corrected chi connectivity index (χ3v) is 10.2. The first-order valence-electron chi connectivity index (χ1n) is 19.5. The van der Waals surface area contributed by atoms with Gasteiger partial charge in [-0.25, -0.2) is 9.59 Å². The van der Waals surface area contributed by atoms with Crippen LogP contribution in [0.5, 0.6) is 11.5 Å². The number of amides is 2. The predicted octanol–water partition coefficient (Wildman–Crippen LogP) is 11.4. The van der Waals surface area contributed by atoms with E-state index in [1.165, 1.54) is 14.2 Å². The van der Waals surface area contributed by atoms with Gasteiger partial charge in [0, 0.05) is 22.1 Å². The van der Waals surface area contributed by atoms with Gasteiger partial charge in [-0.15, -0.1) is 20.5 Å². The Hall–Kier alpha value is -8.26. The quantitative estimate of drug-likeness (QED) is 0.0688. The molecule has 14 heteroatoms. The summed E-state index contributed by atoms with van der Waals surface area (Å²) in [6, 6.07) is 33.7. The molecule has 7 aromatic rings. The molecule has 0 aliphatic carbocycles. The number of azo groups is 2. The number of nitrogens with one attached hydrogen (secondary N) is 2. The Labute approximate surface area is 355 Å². The third-order valence-electron chi connectivity index (χ3n) is 10.2. The predicted molar refractivity (Wildman–Crippen MR) is 236 cm³/mol. The average Bonchev–Trinajstić information content (AvgIpc) is 3.30. The first-order valence-corrected chi connectivity index (χ1v) is 19.5. The first kappa shape index (κ1) is 41.9. The number of nitrogens with zero attached hydrogens (tertiary/aromatic N) is 4. The van der Waals surface area contributed by atoms with E-state index >= 15 is 0 Å². The number of rotatable bonds is 12. The van der Waals surface area contributed by atoms with Gasteiger partial charge in [0.1, 0.15) is 22.7 Å². The first-order chi connectivity index (χ1) is 30.1. The summed E-state index contributed by atoms with van der Waals surface area (Å²) in [5.74, 6) is -3.28. The van der Waals surface area contributed by atoms with Crippen LogP contribution in [0, 0.1) is 0 Å². The van der Waals surface area contributed by atoms with Crippen molar-refractivity contribution in [2.24, 2.45) is 20.5 Å². The van der Waals surface area contributed by atoms with Gasteiger partial charge in [-0.05, 0) is 83.3 Å². The highest BCUT2D eigenvalue weighted by Crippen LogP contribution is 2.42. The maximum absolute atomic E-state index is 14.1. The molecule has 4 N–H and O–H groups in total. The van der Waals surface area contributed by atoms with Gasteiger partial charge in [0.25, 0.3) is 11.8 Å². The number of benzene rings is 7. The highest BCUT2D eigenvalue weighted by Gasteiger charge is 2.23. The number of fused-ring (bicyclic) bond motifs is 2. The van der Waals surface area contributed by atoms with Crippen LogP contribution in [0.15, 0.2) is 142 Å². The summed E-state index contributed by atoms with van der Waals surface area (Å²) in [6.45, 7) is 3.80. The number of esters is 2. The second-order valence-corrected chi connectivity index (χ2v) is 13.9. The molecule has 0 aliphatic rings. The fraction of sp³-hybridized carbons (Fsp3) is 0.125. The number of ether oxygens (including phenoxy) is 2. The van der Waals surface area contributed by atoms with Crippen molar-refractivity contribution in [3.8, 4) is 11.5 Å². The number of phenols is 2. The number of phenolic OH excluding ortho intramolecular Hbond substituents is 2. The van der Waals surface area contributed by atoms with E-state index in [4.69, 9.17) is 9.47 Å². The lowest BCUT2D eigenvalue weighted by Crippen LogP contribution is -2.17. The minimum absolute atomic E-state index is 0.0297. The Balaban J connectivity index is 1.20. The van der Waals surface area contributed by atoms with Crippen LogP contribution >= 0.6 is 0 Å². The molecule has 0 unspecified atom stereocenters. The Kier molecular flexibility index (Phi) is 12.4. The molecule has 0 heterocycles. The average molecular weight is 829 g/mol. The van der Waals surface area contributed by atoms with E-state index in [2.05, 4.69) is 31.1 Å². The topological polar surface area (TPSA) is 201 Å². The molecule has 0 spiro atoms. The minimum atomic E-state index is -0.627.